The normalized spacial score (nSPS) is 11.1. The van der Waals surface area contributed by atoms with Gasteiger partial charge < -0.3 is 4.90 Å². The lowest BCUT2D eigenvalue weighted by Crippen LogP contribution is -2.18. The second kappa shape index (κ2) is 8.79. The Morgan fingerprint density at radius 1 is 0.889 bits per heavy atom. The first-order valence-corrected chi connectivity index (χ1v) is 7.28. The average Bonchev–Trinajstić information content (AvgIpc) is 2.40. The van der Waals surface area contributed by atoms with Gasteiger partial charge in [0.25, 0.3) is 0 Å². The second-order valence-electron chi connectivity index (χ2n) is 4.79. The van der Waals surface area contributed by atoms with Gasteiger partial charge in [-0.25, -0.2) is 0 Å². The van der Waals surface area contributed by atoms with E-state index in [4.69, 9.17) is 0 Å². The Labute approximate surface area is 113 Å². The maximum Gasteiger partial charge on any atom is 0.0169 e. The number of hydrogen-bond acceptors (Lipinski definition) is 1. The van der Waals surface area contributed by atoms with Gasteiger partial charge in [-0.15, -0.1) is 0 Å². The number of hydrogen-bond donors (Lipinski definition) is 0. The molecule has 0 aliphatic heterocycles. The molecule has 1 nitrogen and oxygen atoms in total. The highest BCUT2D eigenvalue weighted by Gasteiger charge is 1.95. The van der Waals surface area contributed by atoms with Crippen molar-refractivity contribution in [2.45, 2.75) is 46.5 Å². The predicted octanol–water partition coefficient (Wildman–Crippen LogP) is 4.43. The zero-order valence-corrected chi connectivity index (χ0v) is 12.2. The first-order chi connectivity index (χ1) is 8.80. The van der Waals surface area contributed by atoms with Crippen LogP contribution in [0.4, 0.5) is 0 Å². The van der Waals surface area contributed by atoms with Crippen LogP contribution in [-0.2, 0) is 12.8 Å². The van der Waals surface area contributed by atoms with Crippen LogP contribution in [0.15, 0.2) is 36.5 Å². The number of rotatable bonds is 8. The number of aryl methyl sites for hydroxylation is 1. The standard InChI is InChI=1S/C17H27N/c1-4-13-18(14-5-2)15-7-8-17-11-9-16(6-3)10-12-17/h7,9-12,15H,4-6,8,13-14H2,1-3H3. The molecule has 0 aromatic heterocycles. The Hall–Kier alpha value is -1.24. The molecule has 0 atom stereocenters. The molecule has 0 saturated carbocycles. The van der Waals surface area contributed by atoms with E-state index in [0.29, 0.717) is 0 Å². The average molecular weight is 245 g/mol. The first kappa shape index (κ1) is 14.8. The third-order valence-corrected chi connectivity index (χ3v) is 3.12. The van der Waals surface area contributed by atoms with Crippen LogP contribution >= 0.6 is 0 Å². The van der Waals surface area contributed by atoms with Crippen molar-refractivity contribution in [1.29, 1.82) is 0 Å². The quantitative estimate of drug-likeness (QED) is 0.655. The van der Waals surface area contributed by atoms with E-state index in [1.54, 1.807) is 0 Å². The van der Waals surface area contributed by atoms with Crippen LogP contribution in [0.3, 0.4) is 0 Å². The van der Waals surface area contributed by atoms with E-state index < -0.39 is 0 Å². The summed E-state index contributed by atoms with van der Waals surface area (Å²) in [4.78, 5) is 2.42. The van der Waals surface area contributed by atoms with Crippen molar-refractivity contribution >= 4 is 0 Å². The molecule has 0 saturated heterocycles. The van der Waals surface area contributed by atoms with Crippen molar-refractivity contribution in [3.05, 3.63) is 47.7 Å². The number of benzene rings is 1. The number of nitrogens with zero attached hydrogens (tertiary/aromatic N) is 1. The minimum atomic E-state index is 1.04. The van der Waals surface area contributed by atoms with Crippen LogP contribution in [0.1, 0.15) is 44.7 Å². The second-order valence-corrected chi connectivity index (χ2v) is 4.79. The highest BCUT2D eigenvalue weighted by atomic mass is 15.1. The van der Waals surface area contributed by atoms with Gasteiger partial charge in [0.15, 0.2) is 0 Å². The van der Waals surface area contributed by atoms with Crippen molar-refractivity contribution < 1.29 is 0 Å². The Bertz CT molecular complexity index is 331. The highest BCUT2D eigenvalue weighted by Crippen LogP contribution is 2.06. The predicted molar refractivity (Wildman–Crippen MR) is 80.8 cm³/mol. The molecule has 0 amide bonds. The molecule has 0 unspecified atom stereocenters. The summed E-state index contributed by atoms with van der Waals surface area (Å²) in [6.07, 6.45) is 9.14. The Balaban J connectivity index is 2.45. The van der Waals surface area contributed by atoms with Crippen LogP contribution in [-0.4, -0.2) is 18.0 Å². The zero-order valence-electron chi connectivity index (χ0n) is 12.2. The van der Waals surface area contributed by atoms with E-state index in [1.807, 2.05) is 0 Å². The zero-order chi connectivity index (χ0) is 13.2. The van der Waals surface area contributed by atoms with Crippen LogP contribution in [0, 0.1) is 0 Å². The smallest absolute Gasteiger partial charge is 0.0169 e. The van der Waals surface area contributed by atoms with Crippen LogP contribution < -0.4 is 0 Å². The fourth-order valence-corrected chi connectivity index (χ4v) is 2.08. The molecular weight excluding hydrogens is 218 g/mol. The Kier molecular flexibility index (Phi) is 7.24. The topological polar surface area (TPSA) is 3.24 Å². The van der Waals surface area contributed by atoms with E-state index in [2.05, 4.69) is 62.2 Å². The highest BCUT2D eigenvalue weighted by molar-refractivity contribution is 5.24. The summed E-state index contributed by atoms with van der Waals surface area (Å²) in [6.45, 7) is 9.00. The van der Waals surface area contributed by atoms with Gasteiger partial charge in [-0.3, -0.25) is 0 Å². The fourth-order valence-electron chi connectivity index (χ4n) is 2.08. The van der Waals surface area contributed by atoms with Crippen molar-refractivity contribution in [3.8, 4) is 0 Å². The number of allylic oxidation sites excluding steroid dienone is 1. The molecule has 0 bridgehead atoms. The van der Waals surface area contributed by atoms with Gasteiger partial charge >= 0.3 is 0 Å². The monoisotopic (exact) mass is 245 g/mol. The molecule has 1 aromatic carbocycles. The van der Waals surface area contributed by atoms with Gasteiger partial charge in [0, 0.05) is 13.1 Å². The minimum Gasteiger partial charge on any atom is -0.378 e. The van der Waals surface area contributed by atoms with Crippen LogP contribution in [0.25, 0.3) is 0 Å². The van der Waals surface area contributed by atoms with Crippen molar-refractivity contribution in [3.63, 3.8) is 0 Å². The molecule has 0 fully saturated rings. The SMILES string of the molecule is CCCN(C=CCc1ccc(CC)cc1)CCC. The summed E-state index contributed by atoms with van der Waals surface area (Å²) >= 11 is 0. The lowest BCUT2D eigenvalue weighted by molar-refractivity contribution is 0.375. The van der Waals surface area contributed by atoms with E-state index in [9.17, 15) is 0 Å². The summed E-state index contributed by atoms with van der Waals surface area (Å²) < 4.78 is 0. The Morgan fingerprint density at radius 3 is 1.94 bits per heavy atom. The van der Waals surface area contributed by atoms with E-state index >= 15 is 0 Å². The fraction of sp³-hybridized carbons (Fsp3) is 0.529. The van der Waals surface area contributed by atoms with Crippen LogP contribution in [0.5, 0.6) is 0 Å². The maximum atomic E-state index is 2.42. The molecule has 0 radical (unpaired) electrons. The molecule has 0 spiro atoms. The molecule has 0 aliphatic carbocycles. The van der Waals surface area contributed by atoms with Crippen molar-refractivity contribution in [1.82, 2.24) is 4.90 Å². The largest absolute Gasteiger partial charge is 0.378 e. The van der Waals surface area contributed by atoms with Gasteiger partial charge in [0.1, 0.15) is 0 Å². The molecule has 0 heterocycles. The molecule has 0 N–H and O–H groups in total. The summed E-state index contributed by atoms with van der Waals surface area (Å²) in [5, 5.41) is 0. The van der Waals surface area contributed by atoms with Gasteiger partial charge in [-0.05, 0) is 43.0 Å². The summed E-state index contributed by atoms with van der Waals surface area (Å²) in [6, 6.07) is 8.96. The maximum absolute atomic E-state index is 2.42. The van der Waals surface area contributed by atoms with Crippen LogP contribution in [0.2, 0.25) is 0 Å². The van der Waals surface area contributed by atoms with Crippen molar-refractivity contribution in [2.75, 3.05) is 13.1 Å². The lowest BCUT2D eigenvalue weighted by atomic mass is 10.1. The van der Waals surface area contributed by atoms with Gasteiger partial charge in [0.05, 0.1) is 0 Å². The Morgan fingerprint density at radius 2 is 1.44 bits per heavy atom. The molecule has 0 aliphatic rings. The minimum absolute atomic E-state index is 1.04. The molecular formula is C17H27N. The molecule has 18 heavy (non-hydrogen) atoms. The van der Waals surface area contributed by atoms with Gasteiger partial charge in [-0.1, -0.05) is 51.1 Å². The summed E-state index contributed by atoms with van der Waals surface area (Å²) in [5.74, 6) is 0. The molecule has 1 aromatic rings. The summed E-state index contributed by atoms with van der Waals surface area (Å²) in [7, 11) is 0. The molecule has 100 valence electrons. The first-order valence-electron chi connectivity index (χ1n) is 7.28. The lowest BCUT2D eigenvalue weighted by Gasteiger charge is -2.18. The van der Waals surface area contributed by atoms with Gasteiger partial charge in [0.2, 0.25) is 0 Å². The third-order valence-electron chi connectivity index (χ3n) is 3.12. The summed E-state index contributed by atoms with van der Waals surface area (Å²) in [5.41, 5.74) is 2.82. The van der Waals surface area contributed by atoms with E-state index in [1.165, 1.54) is 37.1 Å². The van der Waals surface area contributed by atoms with Gasteiger partial charge in [-0.2, -0.15) is 0 Å². The van der Waals surface area contributed by atoms with E-state index in [0.717, 1.165) is 12.8 Å². The van der Waals surface area contributed by atoms with Crippen molar-refractivity contribution in [2.24, 2.45) is 0 Å². The molecule has 1 rings (SSSR count). The third kappa shape index (κ3) is 5.39. The van der Waals surface area contributed by atoms with E-state index in [-0.39, 0.29) is 0 Å². The molecule has 1 heteroatoms.